The summed E-state index contributed by atoms with van der Waals surface area (Å²) in [7, 11) is 2.06. The molecule has 0 aliphatic heterocycles. The summed E-state index contributed by atoms with van der Waals surface area (Å²) in [5.41, 5.74) is 0. The highest BCUT2D eigenvalue weighted by Gasteiger charge is 2.61. The second-order valence-corrected chi connectivity index (χ2v) is 13.8. The van der Waals surface area contributed by atoms with Crippen LogP contribution in [0.4, 0.5) is 0 Å². The molecule has 0 aromatic heterocycles. The standard InChI is InChI=1S/C8H22O4Si2/c1-7-13(8-2,9-3)14(10-4,11-5)12-6/h7-8H2,1-6H3. The summed E-state index contributed by atoms with van der Waals surface area (Å²) < 4.78 is 22.2. The predicted octanol–water partition coefficient (Wildman–Crippen LogP) is 1.57. The lowest BCUT2D eigenvalue weighted by Gasteiger charge is -2.39. The van der Waals surface area contributed by atoms with Crippen LogP contribution in [-0.2, 0) is 17.7 Å². The van der Waals surface area contributed by atoms with Gasteiger partial charge in [-0.25, -0.2) is 0 Å². The molecular weight excluding hydrogens is 216 g/mol. The Kier molecular flexibility index (Phi) is 6.11. The molecule has 0 bridgehead atoms. The highest BCUT2D eigenvalue weighted by Crippen LogP contribution is 2.29. The summed E-state index contributed by atoms with van der Waals surface area (Å²) in [6, 6.07) is 1.89. The van der Waals surface area contributed by atoms with Crippen molar-refractivity contribution >= 4 is 16.2 Å². The van der Waals surface area contributed by atoms with Crippen LogP contribution in [0.3, 0.4) is 0 Å². The van der Waals surface area contributed by atoms with Crippen LogP contribution >= 0.6 is 0 Å². The van der Waals surface area contributed by atoms with E-state index in [1.807, 2.05) is 0 Å². The van der Waals surface area contributed by atoms with E-state index in [0.717, 1.165) is 12.1 Å². The molecule has 14 heavy (non-hydrogen) atoms. The van der Waals surface area contributed by atoms with Gasteiger partial charge in [-0.2, -0.15) is 0 Å². The van der Waals surface area contributed by atoms with Gasteiger partial charge in [-0.05, 0) is 12.1 Å². The second kappa shape index (κ2) is 5.99. The maximum Gasteiger partial charge on any atom is 0.502 e. The maximum atomic E-state index is 5.70. The van der Waals surface area contributed by atoms with E-state index in [0.29, 0.717) is 0 Å². The van der Waals surface area contributed by atoms with Crippen LogP contribution in [0.5, 0.6) is 0 Å². The molecule has 0 aromatic carbocycles. The molecule has 0 radical (unpaired) electrons. The third kappa shape index (κ3) is 2.10. The van der Waals surface area contributed by atoms with Gasteiger partial charge in [0.25, 0.3) is 7.83 Å². The van der Waals surface area contributed by atoms with Crippen molar-refractivity contribution in [2.45, 2.75) is 25.9 Å². The first-order valence-corrected chi connectivity index (χ1v) is 9.87. The first-order valence-electron chi connectivity index (χ1n) is 4.82. The summed E-state index contributed by atoms with van der Waals surface area (Å²) in [6.07, 6.45) is 0. The lowest BCUT2D eigenvalue weighted by atomic mass is 10.9. The molecular formula is C8H22O4Si2. The predicted molar refractivity (Wildman–Crippen MR) is 60.5 cm³/mol. The quantitative estimate of drug-likeness (QED) is 0.631. The van der Waals surface area contributed by atoms with Crippen molar-refractivity contribution in [1.29, 1.82) is 0 Å². The first kappa shape index (κ1) is 14.3. The van der Waals surface area contributed by atoms with Gasteiger partial charge >= 0.3 is 8.32 Å². The zero-order valence-corrected chi connectivity index (χ0v) is 12.0. The molecule has 0 amide bonds. The van der Waals surface area contributed by atoms with Crippen LogP contribution in [-0.4, -0.2) is 44.6 Å². The van der Waals surface area contributed by atoms with E-state index in [9.17, 15) is 0 Å². The van der Waals surface area contributed by atoms with Gasteiger partial charge in [0.05, 0.1) is 0 Å². The van der Waals surface area contributed by atoms with Crippen molar-refractivity contribution in [3.8, 4) is 0 Å². The Hall–Kier alpha value is 0.274. The summed E-state index contributed by atoms with van der Waals surface area (Å²) in [5.74, 6) is 0. The molecule has 0 saturated heterocycles. The van der Waals surface area contributed by atoms with Crippen LogP contribution in [0.15, 0.2) is 0 Å². The monoisotopic (exact) mass is 238 g/mol. The van der Waals surface area contributed by atoms with Crippen LogP contribution in [0.1, 0.15) is 13.8 Å². The van der Waals surface area contributed by atoms with Crippen molar-refractivity contribution in [3.05, 3.63) is 0 Å². The second-order valence-electron chi connectivity index (χ2n) is 3.07. The largest absolute Gasteiger partial charge is 0.502 e. The van der Waals surface area contributed by atoms with Gasteiger partial charge in [-0.15, -0.1) is 0 Å². The van der Waals surface area contributed by atoms with Crippen molar-refractivity contribution in [2.75, 3.05) is 28.4 Å². The van der Waals surface area contributed by atoms with Gasteiger partial charge in [-0.1, -0.05) is 13.8 Å². The molecule has 4 nitrogen and oxygen atoms in total. The third-order valence-corrected chi connectivity index (χ3v) is 16.6. The van der Waals surface area contributed by atoms with Crippen molar-refractivity contribution < 1.29 is 17.7 Å². The fourth-order valence-corrected chi connectivity index (χ4v) is 12.4. The molecule has 0 rings (SSSR count). The lowest BCUT2D eigenvalue weighted by Crippen LogP contribution is -2.68. The van der Waals surface area contributed by atoms with Crippen molar-refractivity contribution in [1.82, 2.24) is 0 Å². The third-order valence-electron chi connectivity index (χ3n) is 2.90. The molecule has 0 saturated carbocycles. The zero-order chi connectivity index (χ0) is 11.2. The van der Waals surface area contributed by atoms with Gasteiger partial charge < -0.3 is 17.7 Å². The molecule has 0 aromatic rings. The Bertz CT molecular complexity index is 123. The number of hydrogen-bond acceptors (Lipinski definition) is 4. The minimum atomic E-state index is -2.58. The minimum absolute atomic E-state index is 0.946. The molecule has 0 atom stereocenters. The van der Waals surface area contributed by atoms with E-state index in [1.165, 1.54) is 0 Å². The summed E-state index contributed by atoms with van der Waals surface area (Å²) in [6.45, 7) is 4.22. The molecule has 0 fully saturated rings. The Morgan fingerprint density at radius 2 is 1.07 bits per heavy atom. The molecule has 0 unspecified atom stereocenters. The summed E-state index contributed by atoms with van der Waals surface area (Å²) in [5, 5.41) is 0. The van der Waals surface area contributed by atoms with E-state index in [1.54, 1.807) is 28.4 Å². The smallest absolute Gasteiger partial charge is 0.414 e. The zero-order valence-electron chi connectivity index (χ0n) is 10.0. The SMILES string of the molecule is CC[Si](CC)(OC)[Si](OC)(OC)OC. The molecule has 0 aliphatic rings. The van der Waals surface area contributed by atoms with Gasteiger partial charge in [0.2, 0.25) is 0 Å². The van der Waals surface area contributed by atoms with Gasteiger partial charge in [0.15, 0.2) is 0 Å². The molecule has 0 aliphatic carbocycles. The molecule has 0 N–H and O–H groups in total. The lowest BCUT2D eigenvalue weighted by molar-refractivity contribution is 0.136. The topological polar surface area (TPSA) is 36.9 Å². The Balaban J connectivity index is 5.08. The van der Waals surface area contributed by atoms with Crippen molar-refractivity contribution in [3.63, 3.8) is 0 Å². The number of hydrogen-bond donors (Lipinski definition) is 0. The van der Waals surface area contributed by atoms with Crippen LogP contribution in [0, 0.1) is 0 Å². The van der Waals surface area contributed by atoms with Crippen molar-refractivity contribution in [2.24, 2.45) is 0 Å². The van der Waals surface area contributed by atoms with E-state index < -0.39 is 16.2 Å². The fourth-order valence-electron chi connectivity index (χ4n) is 1.90. The molecule has 0 spiro atoms. The minimum Gasteiger partial charge on any atom is -0.414 e. The van der Waals surface area contributed by atoms with Crippen LogP contribution < -0.4 is 0 Å². The van der Waals surface area contributed by atoms with Gasteiger partial charge in [0, 0.05) is 28.4 Å². The van der Waals surface area contributed by atoms with E-state index >= 15 is 0 Å². The average Bonchev–Trinajstić information content (AvgIpc) is 2.27. The fraction of sp³-hybridized carbons (Fsp3) is 1.00. The number of rotatable bonds is 7. The molecule has 6 heteroatoms. The van der Waals surface area contributed by atoms with Crippen LogP contribution in [0.2, 0.25) is 12.1 Å². The van der Waals surface area contributed by atoms with E-state index in [-0.39, 0.29) is 0 Å². The highest BCUT2D eigenvalue weighted by atomic mass is 29.3. The highest BCUT2D eigenvalue weighted by molar-refractivity contribution is 7.32. The maximum absolute atomic E-state index is 5.70. The van der Waals surface area contributed by atoms with Gasteiger partial charge in [0.1, 0.15) is 0 Å². The van der Waals surface area contributed by atoms with E-state index in [4.69, 9.17) is 17.7 Å². The van der Waals surface area contributed by atoms with Gasteiger partial charge in [-0.3, -0.25) is 0 Å². The summed E-state index contributed by atoms with van der Waals surface area (Å²) >= 11 is 0. The summed E-state index contributed by atoms with van der Waals surface area (Å²) in [4.78, 5) is 0. The Morgan fingerprint density at radius 3 is 1.14 bits per heavy atom. The average molecular weight is 238 g/mol. The Labute approximate surface area is 88.8 Å². The van der Waals surface area contributed by atoms with E-state index in [2.05, 4.69) is 13.8 Å². The molecule has 0 heterocycles. The molecule has 86 valence electrons. The normalized spacial score (nSPS) is 13.3. The Morgan fingerprint density at radius 1 is 0.714 bits per heavy atom. The van der Waals surface area contributed by atoms with Crippen LogP contribution in [0.25, 0.3) is 0 Å². The first-order chi connectivity index (χ1) is 6.61.